The van der Waals surface area contributed by atoms with Gasteiger partial charge in [-0.3, -0.25) is 4.79 Å². The monoisotopic (exact) mass is 407 g/mol. The van der Waals surface area contributed by atoms with Gasteiger partial charge in [0.05, 0.1) is 18.2 Å². The molecule has 9 heteroatoms. The number of urea groups is 1. The van der Waals surface area contributed by atoms with Gasteiger partial charge in [-0.2, -0.15) is 13.2 Å². The Hall–Kier alpha value is -3.07. The number of amides is 3. The normalized spacial score (nSPS) is 16.6. The number of likely N-dealkylation sites (tertiary alicyclic amines) is 1. The second-order valence-corrected chi connectivity index (χ2v) is 6.72. The van der Waals surface area contributed by atoms with Crippen molar-refractivity contribution in [2.24, 2.45) is 0 Å². The molecule has 3 amide bonds. The van der Waals surface area contributed by atoms with Crippen molar-refractivity contribution in [3.63, 3.8) is 0 Å². The summed E-state index contributed by atoms with van der Waals surface area (Å²) in [6, 6.07) is 9.82. The van der Waals surface area contributed by atoms with Crippen molar-refractivity contribution in [2.45, 2.75) is 25.1 Å². The Labute approximate surface area is 165 Å². The SMILES string of the molecule is O=C(Nc1cccc(C(F)(F)F)c1)c1cccc(NC(=O)N2CCC[C@@H]2CO)c1. The maximum atomic E-state index is 12.8. The van der Waals surface area contributed by atoms with E-state index < -0.39 is 17.6 Å². The Balaban J connectivity index is 1.69. The highest BCUT2D eigenvalue weighted by Crippen LogP contribution is 2.30. The molecule has 3 rings (SSSR count). The van der Waals surface area contributed by atoms with E-state index in [1.54, 1.807) is 12.1 Å². The van der Waals surface area contributed by atoms with Gasteiger partial charge in [-0.15, -0.1) is 0 Å². The van der Waals surface area contributed by atoms with Crippen LogP contribution in [0.4, 0.5) is 29.3 Å². The van der Waals surface area contributed by atoms with Gasteiger partial charge in [-0.1, -0.05) is 12.1 Å². The smallest absolute Gasteiger partial charge is 0.394 e. The number of aliphatic hydroxyl groups excluding tert-OH is 1. The highest BCUT2D eigenvalue weighted by molar-refractivity contribution is 6.05. The number of benzene rings is 2. The number of alkyl halides is 3. The first-order valence-corrected chi connectivity index (χ1v) is 9.05. The van der Waals surface area contributed by atoms with Gasteiger partial charge in [0, 0.05) is 23.5 Å². The number of nitrogens with one attached hydrogen (secondary N) is 2. The van der Waals surface area contributed by atoms with Crippen LogP contribution in [0.1, 0.15) is 28.8 Å². The van der Waals surface area contributed by atoms with Crippen LogP contribution in [0.5, 0.6) is 0 Å². The number of hydrogen-bond acceptors (Lipinski definition) is 3. The van der Waals surface area contributed by atoms with Crippen LogP contribution in [0.2, 0.25) is 0 Å². The van der Waals surface area contributed by atoms with Gasteiger partial charge in [-0.05, 0) is 49.2 Å². The van der Waals surface area contributed by atoms with Gasteiger partial charge in [0.15, 0.2) is 0 Å². The van der Waals surface area contributed by atoms with Crippen LogP contribution < -0.4 is 10.6 Å². The lowest BCUT2D eigenvalue weighted by atomic mass is 10.1. The molecule has 1 fully saturated rings. The van der Waals surface area contributed by atoms with E-state index in [9.17, 15) is 27.9 Å². The summed E-state index contributed by atoms with van der Waals surface area (Å²) in [6.07, 6.45) is -2.98. The predicted molar refractivity (Wildman–Crippen MR) is 102 cm³/mol. The van der Waals surface area contributed by atoms with E-state index in [1.807, 2.05) is 0 Å². The minimum absolute atomic E-state index is 0.0158. The molecule has 0 unspecified atom stereocenters. The minimum Gasteiger partial charge on any atom is -0.394 e. The first-order chi connectivity index (χ1) is 13.8. The molecule has 1 aliphatic rings. The number of carbonyl (C=O) groups is 2. The summed E-state index contributed by atoms with van der Waals surface area (Å²) in [7, 11) is 0. The number of rotatable bonds is 4. The Morgan fingerprint density at radius 2 is 1.76 bits per heavy atom. The third-order valence-electron chi connectivity index (χ3n) is 4.67. The second-order valence-electron chi connectivity index (χ2n) is 6.72. The molecule has 0 aromatic heterocycles. The molecule has 1 aliphatic heterocycles. The second kappa shape index (κ2) is 8.52. The number of hydrogen-bond donors (Lipinski definition) is 3. The van der Waals surface area contributed by atoms with Crippen molar-refractivity contribution >= 4 is 23.3 Å². The van der Waals surface area contributed by atoms with Gasteiger partial charge in [0.25, 0.3) is 5.91 Å². The van der Waals surface area contributed by atoms with E-state index in [0.29, 0.717) is 12.2 Å². The topological polar surface area (TPSA) is 81.7 Å². The van der Waals surface area contributed by atoms with E-state index >= 15 is 0 Å². The van der Waals surface area contributed by atoms with Gasteiger partial charge in [0.2, 0.25) is 0 Å². The van der Waals surface area contributed by atoms with Crippen molar-refractivity contribution in [3.8, 4) is 0 Å². The first kappa shape index (κ1) is 20.7. The zero-order valence-corrected chi connectivity index (χ0v) is 15.4. The molecule has 1 heterocycles. The quantitative estimate of drug-likeness (QED) is 0.718. The van der Waals surface area contributed by atoms with E-state index in [2.05, 4.69) is 10.6 Å². The molecule has 29 heavy (non-hydrogen) atoms. The summed E-state index contributed by atoms with van der Waals surface area (Å²) in [4.78, 5) is 26.3. The highest BCUT2D eigenvalue weighted by atomic mass is 19.4. The lowest BCUT2D eigenvalue weighted by Gasteiger charge is -2.23. The molecule has 2 aromatic carbocycles. The van der Waals surface area contributed by atoms with Crippen LogP contribution in [0.15, 0.2) is 48.5 Å². The van der Waals surface area contributed by atoms with Gasteiger partial charge in [0.1, 0.15) is 0 Å². The molecular formula is C20H20F3N3O3. The average Bonchev–Trinajstić information content (AvgIpc) is 3.17. The van der Waals surface area contributed by atoms with Crippen molar-refractivity contribution in [2.75, 3.05) is 23.8 Å². The molecule has 0 spiro atoms. The fraction of sp³-hybridized carbons (Fsp3) is 0.300. The molecule has 6 nitrogen and oxygen atoms in total. The van der Waals surface area contributed by atoms with Crippen LogP contribution in [0, 0.1) is 0 Å². The fourth-order valence-corrected chi connectivity index (χ4v) is 3.20. The van der Waals surface area contributed by atoms with Crippen molar-refractivity contribution in [3.05, 3.63) is 59.7 Å². The third-order valence-corrected chi connectivity index (χ3v) is 4.67. The Kier molecular flexibility index (Phi) is 6.07. The molecule has 3 N–H and O–H groups in total. The lowest BCUT2D eigenvalue weighted by molar-refractivity contribution is -0.137. The number of carbonyl (C=O) groups excluding carboxylic acids is 2. The number of nitrogens with zero attached hydrogens (tertiary/aromatic N) is 1. The standard InChI is InChI=1S/C20H20F3N3O3/c21-20(22,23)14-5-2-7-16(11-14)24-18(28)13-4-1-6-15(10-13)25-19(29)26-9-3-8-17(26)12-27/h1-2,4-7,10-11,17,27H,3,8-9,12H2,(H,24,28)(H,25,29)/t17-/m1/s1. The van der Waals surface area contributed by atoms with E-state index in [4.69, 9.17) is 0 Å². The summed E-state index contributed by atoms with van der Waals surface area (Å²) in [5.41, 5.74) is -0.293. The van der Waals surface area contributed by atoms with Crippen LogP contribution in [0.25, 0.3) is 0 Å². The molecule has 0 bridgehead atoms. The maximum absolute atomic E-state index is 12.8. The van der Waals surface area contributed by atoms with Crippen LogP contribution in [0.3, 0.4) is 0 Å². The highest BCUT2D eigenvalue weighted by Gasteiger charge is 2.30. The van der Waals surface area contributed by atoms with E-state index in [0.717, 1.165) is 25.0 Å². The molecule has 0 saturated carbocycles. The first-order valence-electron chi connectivity index (χ1n) is 9.05. The molecule has 1 atom stereocenters. The van der Waals surface area contributed by atoms with Gasteiger partial charge >= 0.3 is 12.2 Å². The van der Waals surface area contributed by atoms with E-state index in [-0.39, 0.29) is 29.9 Å². The third kappa shape index (κ3) is 5.05. The van der Waals surface area contributed by atoms with Crippen molar-refractivity contribution in [1.29, 1.82) is 0 Å². The maximum Gasteiger partial charge on any atom is 0.416 e. The summed E-state index contributed by atoms with van der Waals surface area (Å²) in [5, 5.41) is 14.4. The molecule has 154 valence electrons. The predicted octanol–water partition coefficient (Wildman–Crippen LogP) is 3.95. The summed E-state index contributed by atoms with van der Waals surface area (Å²) < 4.78 is 38.4. The lowest BCUT2D eigenvalue weighted by Crippen LogP contribution is -2.40. The van der Waals surface area contributed by atoms with Crippen LogP contribution >= 0.6 is 0 Å². The van der Waals surface area contributed by atoms with Crippen molar-refractivity contribution < 1.29 is 27.9 Å². The summed E-state index contributed by atoms with van der Waals surface area (Å²) >= 11 is 0. The number of anilines is 2. The molecular weight excluding hydrogens is 387 g/mol. The average molecular weight is 407 g/mol. The van der Waals surface area contributed by atoms with Gasteiger partial charge < -0.3 is 20.6 Å². The summed E-state index contributed by atoms with van der Waals surface area (Å²) in [5.74, 6) is -0.602. The molecule has 0 aliphatic carbocycles. The van der Waals surface area contributed by atoms with E-state index in [1.165, 1.54) is 29.2 Å². The number of aliphatic hydroxyl groups is 1. The zero-order valence-electron chi connectivity index (χ0n) is 15.4. The zero-order chi connectivity index (χ0) is 21.0. The fourth-order valence-electron chi connectivity index (χ4n) is 3.20. The minimum atomic E-state index is -4.51. The Morgan fingerprint density at radius 1 is 1.07 bits per heavy atom. The van der Waals surface area contributed by atoms with Crippen LogP contribution in [-0.4, -0.2) is 41.1 Å². The molecule has 2 aromatic rings. The Morgan fingerprint density at radius 3 is 2.45 bits per heavy atom. The Bertz CT molecular complexity index is 902. The van der Waals surface area contributed by atoms with Crippen LogP contribution in [-0.2, 0) is 6.18 Å². The molecule has 0 radical (unpaired) electrons. The molecule has 1 saturated heterocycles. The largest absolute Gasteiger partial charge is 0.416 e. The number of halogens is 3. The van der Waals surface area contributed by atoms with Crippen molar-refractivity contribution in [1.82, 2.24) is 4.90 Å². The van der Waals surface area contributed by atoms with Gasteiger partial charge in [-0.25, -0.2) is 4.79 Å². The summed E-state index contributed by atoms with van der Waals surface area (Å²) in [6.45, 7) is 0.416.